The first kappa shape index (κ1) is 11.8. The molecule has 0 spiro atoms. The molecule has 2 aromatic heterocycles. The summed E-state index contributed by atoms with van der Waals surface area (Å²) in [5.41, 5.74) is 0. The Morgan fingerprint density at radius 1 is 1.29 bits per heavy atom. The van der Waals surface area contributed by atoms with E-state index in [0.717, 1.165) is 5.76 Å². The fraction of sp³-hybridized carbons (Fsp3) is 0.250. The molecule has 2 aromatic rings. The minimum absolute atomic E-state index is 0.243. The lowest BCUT2D eigenvalue weighted by Crippen LogP contribution is -2.25. The number of hydrogen-bond acceptors (Lipinski definition) is 3. The number of amides is 1. The topological polar surface area (TPSA) is 55.4 Å². The minimum atomic E-state index is -0.243. The van der Waals surface area contributed by atoms with Crippen LogP contribution in [0.15, 0.2) is 39.4 Å². The van der Waals surface area contributed by atoms with Crippen LogP contribution >= 0.6 is 11.6 Å². The van der Waals surface area contributed by atoms with E-state index in [9.17, 15) is 4.79 Å². The van der Waals surface area contributed by atoms with Gasteiger partial charge in [0.05, 0.1) is 12.1 Å². The maximum atomic E-state index is 11.6. The van der Waals surface area contributed by atoms with Gasteiger partial charge in [0.1, 0.15) is 11.5 Å². The Morgan fingerprint density at radius 3 is 2.82 bits per heavy atom. The third-order valence-electron chi connectivity index (χ3n) is 2.25. The highest BCUT2D eigenvalue weighted by molar-refractivity contribution is 6.16. The molecule has 1 amide bonds. The van der Waals surface area contributed by atoms with Crippen LogP contribution in [0.3, 0.4) is 0 Å². The normalized spacial score (nSPS) is 10.4. The number of alkyl halides is 1. The second-order valence-corrected chi connectivity index (χ2v) is 3.75. The molecule has 2 heterocycles. The summed E-state index contributed by atoms with van der Waals surface area (Å²) in [5.74, 6) is 1.72. The van der Waals surface area contributed by atoms with Crippen LogP contribution in [0, 0.1) is 0 Å². The molecule has 17 heavy (non-hydrogen) atoms. The van der Waals surface area contributed by atoms with Gasteiger partial charge in [-0.05, 0) is 24.3 Å². The van der Waals surface area contributed by atoms with Crippen molar-refractivity contribution in [3.8, 4) is 0 Å². The van der Waals surface area contributed by atoms with Gasteiger partial charge in [-0.2, -0.15) is 0 Å². The first-order valence-corrected chi connectivity index (χ1v) is 5.78. The van der Waals surface area contributed by atoms with Crippen LogP contribution in [0.25, 0.3) is 0 Å². The van der Waals surface area contributed by atoms with Crippen molar-refractivity contribution in [2.45, 2.75) is 12.3 Å². The van der Waals surface area contributed by atoms with Crippen molar-refractivity contribution < 1.29 is 13.6 Å². The van der Waals surface area contributed by atoms with Gasteiger partial charge in [0.25, 0.3) is 5.91 Å². The summed E-state index contributed by atoms with van der Waals surface area (Å²) < 4.78 is 10.4. The molecule has 0 aromatic carbocycles. The molecule has 0 saturated heterocycles. The summed E-state index contributed by atoms with van der Waals surface area (Å²) >= 11 is 5.58. The third kappa shape index (κ3) is 3.14. The summed E-state index contributed by atoms with van der Waals surface area (Å²) in [7, 11) is 0. The molecular formula is C12H12ClNO3. The number of carbonyl (C=O) groups excluding carboxylic acids is 1. The molecule has 0 aliphatic heterocycles. The lowest BCUT2D eigenvalue weighted by Gasteiger charge is -2.01. The van der Waals surface area contributed by atoms with E-state index >= 15 is 0 Å². The Hall–Kier alpha value is -1.68. The highest BCUT2D eigenvalue weighted by atomic mass is 35.5. The highest BCUT2D eigenvalue weighted by Gasteiger charge is 2.10. The van der Waals surface area contributed by atoms with E-state index in [0.29, 0.717) is 18.7 Å². The Balaban J connectivity index is 1.81. The largest absolute Gasteiger partial charge is 0.469 e. The van der Waals surface area contributed by atoms with Crippen molar-refractivity contribution in [3.63, 3.8) is 0 Å². The van der Waals surface area contributed by atoms with Gasteiger partial charge >= 0.3 is 0 Å². The molecule has 0 fully saturated rings. The summed E-state index contributed by atoms with van der Waals surface area (Å²) in [6.07, 6.45) is 2.26. The van der Waals surface area contributed by atoms with Crippen LogP contribution in [0.1, 0.15) is 22.1 Å². The van der Waals surface area contributed by atoms with Crippen LogP contribution in [-0.2, 0) is 12.3 Å². The van der Waals surface area contributed by atoms with Crippen LogP contribution in [-0.4, -0.2) is 12.5 Å². The molecule has 0 radical (unpaired) electrons. The van der Waals surface area contributed by atoms with E-state index in [-0.39, 0.29) is 17.5 Å². The SMILES string of the molecule is O=C(NCCc1ccco1)c1ccc(CCl)o1. The Morgan fingerprint density at radius 2 is 2.18 bits per heavy atom. The van der Waals surface area contributed by atoms with E-state index < -0.39 is 0 Å². The van der Waals surface area contributed by atoms with Crippen molar-refractivity contribution in [2.75, 3.05) is 6.54 Å². The summed E-state index contributed by atoms with van der Waals surface area (Å²) in [4.78, 5) is 11.6. The molecule has 0 saturated carbocycles. The van der Waals surface area contributed by atoms with Crippen LogP contribution in [0.4, 0.5) is 0 Å². The highest BCUT2D eigenvalue weighted by Crippen LogP contribution is 2.10. The predicted molar refractivity (Wildman–Crippen MR) is 63.0 cm³/mol. The van der Waals surface area contributed by atoms with Crippen molar-refractivity contribution in [3.05, 3.63) is 47.8 Å². The Labute approximate surface area is 104 Å². The number of carbonyl (C=O) groups is 1. The van der Waals surface area contributed by atoms with Gasteiger partial charge in [-0.1, -0.05) is 0 Å². The second-order valence-electron chi connectivity index (χ2n) is 3.48. The molecular weight excluding hydrogens is 242 g/mol. The Bertz CT molecular complexity index is 476. The number of furan rings is 2. The maximum absolute atomic E-state index is 11.6. The molecule has 0 bridgehead atoms. The van der Waals surface area contributed by atoms with Crippen LogP contribution in [0.5, 0.6) is 0 Å². The number of halogens is 1. The van der Waals surface area contributed by atoms with E-state index in [1.54, 1.807) is 18.4 Å². The zero-order valence-corrected chi connectivity index (χ0v) is 9.87. The summed E-state index contributed by atoms with van der Waals surface area (Å²) in [6.45, 7) is 0.503. The molecule has 4 nitrogen and oxygen atoms in total. The van der Waals surface area contributed by atoms with Gasteiger partial charge in [0, 0.05) is 13.0 Å². The fourth-order valence-corrected chi connectivity index (χ4v) is 1.56. The average molecular weight is 254 g/mol. The van der Waals surface area contributed by atoms with Crippen LogP contribution in [0.2, 0.25) is 0 Å². The van der Waals surface area contributed by atoms with E-state index in [4.69, 9.17) is 20.4 Å². The molecule has 0 atom stereocenters. The molecule has 0 aliphatic carbocycles. The zero-order chi connectivity index (χ0) is 12.1. The zero-order valence-electron chi connectivity index (χ0n) is 9.11. The van der Waals surface area contributed by atoms with Crippen molar-refractivity contribution in [1.29, 1.82) is 0 Å². The molecule has 90 valence electrons. The summed E-state index contributed by atoms with van der Waals surface area (Å²) in [5, 5.41) is 2.74. The molecule has 2 rings (SSSR count). The number of hydrogen-bond donors (Lipinski definition) is 1. The molecule has 5 heteroatoms. The molecule has 0 aliphatic rings. The maximum Gasteiger partial charge on any atom is 0.287 e. The van der Waals surface area contributed by atoms with Gasteiger partial charge in [-0.3, -0.25) is 4.79 Å². The average Bonchev–Trinajstić information content (AvgIpc) is 2.99. The van der Waals surface area contributed by atoms with Gasteiger partial charge in [0.15, 0.2) is 5.76 Å². The van der Waals surface area contributed by atoms with Gasteiger partial charge in [-0.25, -0.2) is 0 Å². The van der Waals surface area contributed by atoms with Crippen LogP contribution < -0.4 is 5.32 Å². The molecule has 1 N–H and O–H groups in total. The van der Waals surface area contributed by atoms with Crippen molar-refractivity contribution >= 4 is 17.5 Å². The predicted octanol–water partition coefficient (Wildman–Crippen LogP) is 2.58. The van der Waals surface area contributed by atoms with E-state index in [2.05, 4.69) is 5.32 Å². The number of rotatable bonds is 5. The van der Waals surface area contributed by atoms with Gasteiger partial charge in [0.2, 0.25) is 0 Å². The first-order valence-electron chi connectivity index (χ1n) is 5.25. The lowest BCUT2D eigenvalue weighted by atomic mass is 10.3. The minimum Gasteiger partial charge on any atom is -0.469 e. The lowest BCUT2D eigenvalue weighted by molar-refractivity contribution is 0.0924. The Kier molecular flexibility index (Phi) is 3.88. The smallest absolute Gasteiger partial charge is 0.287 e. The monoisotopic (exact) mass is 253 g/mol. The fourth-order valence-electron chi connectivity index (χ4n) is 1.41. The first-order chi connectivity index (χ1) is 8.29. The quantitative estimate of drug-likeness (QED) is 0.834. The van der Waals surface area contributed by atoms with Gasteiger partial charge < -0.3 is 14.2 Å². The second kappa shape index (κ2) is 5.59. The third-order valence-corrected chi connectivity index (χ3v) is 2.52. The van der Waals surface area contributed by atoms with E-state index in [1.165, 1.54) is 0 Å². The number of nitrogens with one attached hydrogen (secondary N) is 1. The summed E-state index contributed by atoms with van der Waals surface area (Å²) in [6, 6.07) is 6.98. The molecule has 0 unspecified atom stereocenters. The standard InChI is InChI=1S/C12H12ClNO3/c13-8-10-3-4-11(17-10)12(15)14-6-5-9-2-1-7-16-9/h1-4,7H,5-6,8H2,(H,14,15). The van der Waals surface area contributed by atoms with Crippen molar-refractivity contribution in [1.82, 2.24) is 5.32 Å². The van der Waals surface area contributed by atoms with E-state index in [1.807, 2.05) is 12.1 Å². The van der Waals surface area contributed by atoms with Gasteiger partial charge in [-0.15, -0.1) is 11.6 Å². The van der Waals surface area contributed by atoms with Crippen molar-refractivity contribution in [2.24, 2.45) is 0 Å².